The average molecular weight is 186 g/mol. The predicted molar refractivity (Wildman–Crippen MR) is 47.0 cm³/mol. The van der Waals surface area contributed by atoms with Crippen LogP contribution in [-0.4, -0.2) is 41.9 Å². The Morgan fingerprint density at radius 3 is 2.92 bits per heavy atom. The molecule has 0 fully saturated rings. The molecule has 0 unspecified atom stereocenters. The molecule has 0 aromatic carbocycles. The van der Waals surface area contributed by atoms with E-state index in [1.807, 2.05) is 0 Å². The first kappa shape index (κ1) is 10.4. The zero-order chi connectivity index (χ0) is 9.68. The van der Waals surface area contributed by atoms with E-state index in [0.29, 0.717) is 6.61 Å². The monoisotopic (exact) mass is 186 g/mol. The molecule has 0 radical (unpaired) electrons. The molecular formula is C9H14O4. The molecule has 1 heterocycles. The van der Waals surface area contributed by atoms with Crippen LogP contribution in [0.3, 0.4) is 0 Å². The van der Waals surface area contributed by atoms with Crippen molar-refractivity contribution in [2.45, 2.75) is 18.5 Å². The summed E-state index contributed by atoms with van der Waals surface area (Å²) >= 11 is 0. The van der Waals surface area contributed by atoms with Crippen molar-refractivity contribution in [3.05, 3.63) is 24.8 Å². The van der Waals surface area contributed by atoms with Crippen molar-refractivity contribution in [2.75, 3.05) is 13.2 Å². The van der Waals surface area contributed by atoms with Crippen LogP contribution in [0, 0.1) is 0 Å². The van der Waals surface area contributed by atoms with E-state index in [-0.39, 0.29) is 6.61 Å². The van der Waals surface area contributed by atoms with Crippen LogP contribution >= 0.6 is 0 Å². The van der Waals surface area contributed by atoms with Gasteiger partial charge in [0, 0.05) is 0 Å². The van der Waals surface area contributed by atoms with Crippen LogP contribution in [0.2, 0.25) is 0 Å². The summed E-state index contributed by atoms with van der Waals surface area (Å²) in [7, 11) is 0. The van der Waals surface area contributed by atoms with Crippen LogP contribution in [0.1, 0.15) is 0 Å². The molecule has 0 saturated carbocycles. The summed E-state index contributed by atoms with van der Waals surface area (Å²) in [5.74, 6) is 0. The summed E-state index contributed by atoms with van der Waals surface area (Å²) in [6.45, 7) is 3.65. The second kappa shape index (κ2) is 5.14. The highest BCUT2D eigenvalue weighted by atomic mass is 16.7. The third-order valence-corrected chi connectivity index (χ3v) is 1.71. The van der Waals surface area contributed by atoms with E-state index in [1.54, 1.807) is 18.2 Å². The topological polar surface area (TPSA) is 58.9 Å². The highest BCUT2D eigenvalue weighted by Gasteiger charge is 2.24. The SMILES string of the molecule is C=CCO[C@@H]1C=C[C@@H](O)[C@@H](CO)O1. The van der Waals surface area contributed by atoms with Gasteiger partial charge in [0.1, 0.15) is 12.2 Å². The molecule has 0 spiro atoms. The second-order valence-electron chi connectivity index (χ2n) is 2.72. The normalized spacial score (nSPS) is 33.2. The molecule has 0 aromatic heterocycles. The van der Waals surface area contributed by atoms with Crippen molar-refractivity contribution in [1.29, 1.82) is 0 Å². The highest BCUT2D eigenvalue weighted by Crippen LogP contribution is 2.13. The molecule has 74 valence electrons. The number of hydrogen-bond donors (Lipinski definition) is 2. The van der Waals surface area contributed by atoms with E-state index < -0.39 is 18.5 Å². The maximum atomic E-state index is 9.26. The van der Waals surface area contributed by atoms with Gasteiger partial charge in [0.25, 0.3) is 0 Å². The van der Waals surface area contributed by atoms with E-state index in [1.165, 1.54) is 0 Å². The van der Waals surface area contributed by atoms with E-state index in [4.69, 9.17) is 14.6 Å². The number of aliphatic hydroxyl groups is 2. The molecule has 0 bridgehead atoms. The van der Waals surface area contributed by atoms with Crippen molar-refractivity contribution < 1.29 is 19.7 Å². The smallest absolute Gasteiger partial charge is 0.177 e. The van der Waals surface area contributed by atoms with E-state index in [9.17, 15) is 5.11 Å². The van der Waals surface area contributed by atoms with Crippen LogP contribution in [0.5, 0.6) is 0 Å². The lowest BCUT2D eigenvalue weighted by Gasteiger charge is -2.27. The van der Waals surface area contributed by atoms with Gasteiger partial charge in [-0.25, -0.2) is 0 Å². The first-order valence-corrected chi connectivity index (χ1v) is 4.13. The van der Waals surface area contributed by atoms with E-state index in [0.717, 1.165) is 0 Å². The zero-order valence-corrected chi connectivity index (χ0v) is 7.30. The Bertz CT molecular complexity index is 190. The first-order chi connectivity index (χ1) is 6.27. The van der Waals surface area contributed by atoms with Crippen LogP contribution < -0.4 is 0 Å². The molecule has 1 rings (SSSR count). The van der Waals surface area contributed by atoms with Crippen molar-refractivity contribution in [3.63, 3.8) is 0 Å². The summed E-state index contributed by atoms with van der Waals surface area (Å²) in [6, 6.07) is 0. The van der Waals surface area contributed by atoms with Gasteiger partial charge >= 0.3 is 0 Å². The summed E-state index contributed by atoms with van der Waals surface area (Å²) in [5, 5.41) is 18.1. The molecule has 13 heavy (non-hydrogen) atoms. The van der Waals surface area contributed by atoms with Gasteiger partial charge < -0.3 is 19.7 Å². The largest absolute Gasteiger partial charge is 0.394 e. The molecule has 0 aliphatic carbocycles. The number of ether oxygens (including phenoxy) is 2. The third kappa shape index (κ3) is 2.93. The van der Waals surface area contributed by atoms with Gasteiger partial charge in [-0.2, -0.15) is 0 Å². The van der Waals surface area contributed by atoms with Gasteiger partial charge in [0.15, 0.2) is 6.29 Å². The molecular weight excluding hydrogens is 172 g/mol. The summed E-state index contributed by atoms with van der Waals surface area (Å²) in [5.41, 5.74) is 0. The van der Waals surface area contributed by atoms with Gasteiger partial charge in [-0.15, -0.1) is 6.58 Å². The molecule has 1 aliphatic rings. The lowest BCUT2D eigenvalue weighted by atomic mass is 10.1. The first-order valence-electron chi connectivity index (χ1n) is 4.13. The Labute approximate surface area is 77.1 Å². The minimum Gasteiger partial charge on any atom is -0.394 e. The molecule has 0 aromatic rings. The van der Waals surface area contributed by atoms with Gasteiger partial charge in [-0.3, -0.25) is 0 Å². The summed E-state index contributed by atoms with van der Waals surface area (Å²) < 4.78 is 10.4. The molecule has 2 N–H and O–H groups in total. The van der Waals surface area contributed by atoms with Crippen LogP contribution in [0.15, 0.2) is 24.8 Å². The fourth-order valence-electron chi connectivity index (χ4n) is 1.04. The Kier molecular flexibility index (Phi) is 4.11. The molecule has 1 aliphatic heterocycles. The van der Waals surface area contributed by atoms with Gasteiger partial charge in [0.2, 0.25) is 0 Å². The highest BCUT2D eigenvalue weighted by molar-refractivity contribution is 4.99. The number of hydrogen-bond acceptors (Lipinski definition) is 4. The predicted octanol–water partition coefficient (Wildman–Crippen LogP) is -0.177. The molecule has 0 saturated heterocycles. The van der Waals surface area contributed by atoms with Gasteiger partial charge in [-0.1, -0.05) is 12.2 Å². The molecule has 4 nitrogen and oxygen atoms in total. The minimum absolute atomic E-state index is 0.223. The Morgan fingerprint density at radius 1 is 1.54 bits per heavy atom. The second-order valence-corrected chi connectivity index (χ2v) is 2.72. The van der Waals surface area contributed by atoms with E-state index >= 15 is 0 Å². The maximum absolute atomic E-state index is 9.26. The summed E-state index contributed by atoms with van der Waals surface area (Å²) in [6.07, 6.45) is 2.92. The maximum Gasteiger partial charge on any atom is 0.177 e. The lowest BCUT2D eigenvalue weighted by Crippen LogP contribution is -2.38. The van der Waals surface area contributed by atoms with Gasteiger partial charge in [0.05, 0.1) is 13.2 Å². The molecule has 4 heteroatoms. The lowest BCUT2D eigenvalue weighted by molar-refractivity contribution is -0.175. The Balaban J connectivity index is 2.42. The third-order valence-electron chi connectivity index (χ3n) is 1.71. The van der Waals surface area contributed by atoms with Crippen molar-refractivity contribution in [1.82, 2.24) is 0 Å². The standard InChI is InChI=1S/C9H14O4/c1-2-5-12-9-4-3-7(11)8(6-10)13-9/h2-4,7-11H,1,5-6H2/t7-,8-,9+/m1/s1. The average Bonchev–Trinajstić information content (AvgIpc) is 2.16. The molecule has 0 amide bonds. The van der Waals surface area contributed by atoms with Crippen LogP contribution in [0.4, 0.5) is 0 Å². The number of aliphatic hydroxyl groups excluding tert-OH is 2. The van der Waals surface area contributed by atoms with Crippen LogP contribution in [-0.2, 0) is 9.47 Å². The fraction of sp³-hybridized carbons (Fsp3) is 0.556. The summed E-state index contributed by atoms with van der Waals surface area (Å²) in [4.78, 5) is 0. The zero-order valence-electron chi connectivity index (χ0n) is 7.30. The Hall–Kier alpha value is -0.680. The van der Waals surface area contributed by atoms with Crippen LogP contribution in [0.25, 0.3) is 0 Å². The van der Waals surface area contributed by atoms with Crippen molar-refractivity contribution in [3.8, 4) is 0 Å². The number of rotatable bonds is 4. The van der Waals surface area contributed by atoms with E-state index in [2.05, 4.69) is 6.58 Å². The van der Waals surface area contributed by atoms with Crippen molar-refractivity contribution in [2.24, 2.45) is 0 Å². The quantitative estimate of drug-likeness (QED) is 0.598. The van der Waals surface area contributed by atoms with Gasteiger partial charge in [-0.05, 0) is 6.08 Å². The Morgan fingerprint density at radius 2 is 2.31 bits per heavy atom. The van der Waals surface area contributed by atoms with Crippen molar-refractivity contribution >= 4 is 0 Å². The minimum atomic E-state index is -0.756. The fourth-order valence-corrected chi connectivity index (χ4v) is 1.04. The molecule has 3 atom stereocenters.